The van der Waals surface area contributed by atoms with Gasteiger partial charge in [-0.15, -0.1) is 0 Å². The Morgan fingerprint density at radius 1 is 1.35 bits per heavy atom. The van der Waals surface area contributed by atoms with Crippen LogP contribution in [-0.2, 0) is 4.79 Å². The molecule has 1 rings (SSSR count). The number of hydrogen-bond donors (Lipinski definition) is 1. The van der Waals surface area contributed by atoms with E-state index in [2.05, 4.69) is 0 Å². The Morgan fingerprint density at radius 2 is 1.94 bits per heavy atom. The summed E-state index contributed by atoms with van der Waals surface area (Å²) >= 11 is 0. The van der Waals surface area contributed by atoms with Crippen molar-refractivity contribution in [2.24, 2.45) is 0 Å². The predicted octanol–water partition coefficient (Wildman–Crippen LogP) is 3.30. The second kappa shape index (κ2) is 5.97. The van der Waals surface area contributed by atoms with Crippen molar-refractivity contribution in [3.05, 3.63) is 35.9 Å². The lowest BCUT2D eigenvalue weighted by atomic mass is 9.82. The van der Waals surface area contributed by atoms with Gasteiger partial charge in [0.25, 0.3) is 0 Å². The minimum Gasteiger partial charge on any atom is -0.390 e. The molecule has 0 aromatic heterocycles. The molecule has 1 aromatic rings. The Bertz CT molecular complexity index is 354. The van der Waals surface area contributed by atoms with Crippen molar-refractivity contribution in [3.63, 3.8) is 0 Å². The summed E-state index contributed by atoms with van der Waals surface area (Å²) < 4.78 is 0. The third-order valence-electron chi connectivity index (χ3n) is 3.13. The first-order chi connectivity index (χ1) is 7.96. The Morgan fingerprint density at radius 3 is 2.41 bits per heavy atom. The van der Waals surface area contributed by atoms with Gasteiger partial charge in [-0.3, -0.25) is 4.79 Å². The lowest BCUT2D eigenvalue weighted by molar-refractivity contribution is -0.120. The van der Waals surface area contributed by atoms with Crippen molar-refractivity contribution in [2.75, 3.05) is 0 Å². The summed E-state index contributed by atoms with van der Waals surface area (Å²) in [6, 6.07) is 9.70. The van der Waals surface area contributed by atoms with Crippen LogP contribution in [0.3, 0.4) is 0 Å². The van der Waals surface area contributed by atoms with Gasteiger partial charge in [-0.2, -0.15) is 0 Å². The van der Waals surface area contributed by atoms with Gasteiger partial charge in [-0.1, -0.05) is 43.7 Å². The molecule has 2 nitrogen and oxygen atoms in total. The quantitative estimate of drug-likeness (QED) is 0.820. The molecular formula is C15H22O2. The van der Waals surface area contributed by atoms with Crippen molar-refractivity contribution in [2.45, 2.75) is 51.6 Å². The summed E-state index contributed by atoms with van der Waals surface area (Å²) in [6.07, 6.45) is 2.15. The van der Waals surface area contributed by atoms with Crippen molar-refractivity contribution in [1.82, 2.24) is 0 Å². The lowest BCUT2D eigenvalue weighted by Gasteiger charge is -2.27. The molecule has 0 heterocycles. The van der Waals surface area contributed by atoms with Crippen LogP contribution in [0.1, 0.15) is 51.5 Å². The highest BCUT2D eigenvalue weighted by Crippen LogP contribution is 2.29. The number of Topliss-reactive ketones (excluding diaryl/α,β-unsaturated/α-hetero) is 1. The van der Waals surface area contributed by atoms with Crippen LogP contribution in [-0.4, -0.2) is 16.5 Å². The number of hydrogen-bond acceptors (Lipinski definition) is 2. The average molecular weight is 234 g/mol. The van der Waals surface area contributed by atoms with E-state index in [1.165, 1.54) is 0 Å². The number of carbonyl (C=O) groups is 1. The van der Waals surface area contributed by atoms with E-state index in [9.17, 15) is 9.90 Å². The lowest BCUT2D eigenvalue weighted by Crippen LogP contribution is -2.29. The van der Waals surface area contributed by atoms with Crippen LogP contribution in [0, 0.1) is 0 Å². The van der Waals surface area contributed by atoms with Crippen LogP contribution in [0.25, 0.3) is 0 Å². The van der Waals surface area contributed by atoms with E-state index in [-0.39, 0.29) is 11.7 Å². The fourth-order valence-corrected chi connectivity index (χ4v) is 2.26. The topological polar surface area (TPSA) is 37.3 Å². The first-order valence-corrected chi connectivity index (χ1v) is 6.24. The summed E-state index contributed by atoms with van der Waals surface area (Å²) in [5, 5.41) is 10.2. The first kappa shape index (κ1) is 13.9. The molecule has 0 spiro atoms. The molecule has 0 bridgehead atoms. The van der Waals surface area contributed by atoms with Crippen LogP contribution in [0.5, 0.6) is 0 Å². The van der Waals surface area contributed by atoms with E-state index in [4.69, 9.17) is 0 Å². The van der Waals surface area contributed by atoms with Crippen molar-refractivity contribution >= 4 is 5.78 Å². The summed E-state index contributed by atoms with van der Waals surface area (Å²) in [7, 11) is 0. The zero-order chi connectivity index (χ0) is 12.9. The fraction of sp³-hybridized carbons (Fsp3) is 0.533. The van der Waals surface area contributed by atoms with Crippen LogP contribution in [0.15, 0.2) is 30.3 Å². The Kier molecular flexibility index (Phi) is 4.88. The van der Waals surface area contributed by atoms with Crippen LogP contribution in [0.2, 0.25) is 0 Å². The molecule has 0 aliphatic rings. The number of aliphatic hydroxyl groups is 1. The van der Waals surface area contributed by atoms with E-state index in [0.29, 0.717) is 6.42 Å². The normalized spacial score (nSPS) is 16.2. The monoisotopic (exact) mass is 234 g/mol. The third-order valence-corrected chi connectivity index (χ3v) is 3.13. The Labute approximate surface area is 104 Å². The zero-order valence-corrected chi connectivity index (χ0v) is 10.9. The number of rotatable bonds is 6. The maximum Gasteiger partial charge on any atom is 0.137 e. The summed E-state index contributed by atoms with van der Waals surface area (Å²) in [5.41, 5.74) is 0.234. The Balaban J connectivity index is 2.85. The van der Waals surface area contributed by atoms with Crippen molar-refractivity contribution in [1.29, 1.82) is 0 Å². The molecule has 1 aromatic carbocycles. The van der Waals surface area contributed by atoms with Gasteiger partial charge in [0.15, 0.2) is 0 Å². The molecule has 0 aliphatic heterocycles. The molecule has 0 amide bonds. The number of benzene rings is 1. The highest BCUT2D eigenvalue weighted by atomic mass is 16.3. The third kappa shape index (κ3) is 4.31. The second-order valence-corrected chi connectivity index (χ2v) is 5.02. The minimum absolute atomic E-state index is 0.118. The van der Waals surface area contributed by atoms with E-state index in [1.54, 1.807) is 6.92 Å². The van der Waals surface area contributed by atoms with E-state index >= 15 is 0 Å². The molecule has 0 saturated carbocycles. The molecule has 0 aliphatic carbocycles. The molecule has 1 unspecified atom stereocenters. The highest BCUT2D eigenvalue weighted by Gasteiger charge is 2.28. The maximum atomic E-state index is 11.7. The average Bonchev–Trinajstić information content (AvgIpc) is 2.27. The maximum absolute atomic E-state index is 11.7. The standard InChI is InChI=1S/C15H22O2/c1-4-10-15(3,17)11-14(12(2)16)13-8-6-5-7-9-13/h5-9,14,17H,4,10-11H2,1-3H3/t14-,15?/m1/s1. The smallest absolute Gasteiger partial charge is 0.137 e. The minimum atomic E-state index is -0.763. The van der Waals surface area contributed by atoms with E-state index in [0.717, 1.165) is 18.4 Å². The van der Waals surface area contributed by atoms with Crippen LogP contribution >= 0.6 is 0 Å². The van der Waals surface area contributed by atoms with E-state index in [1.807, 2.05) is 44.2 Å². The molecular weight excluding hydrogens is 212 g/mol. The van der Waals surface area contributed by atoms with E-state index < -0.39 is 5.60 Å². The van der Waals surface area contributed by atoms with Gasteiger partial charge in [-0.05, 0) is 32.3 Å². The van der Waals surface area contributed by atoms with Crippen LogP contribution < -0.4 is 0 Å². The molecule has 0 radical (unpaired) electrons. The summed E-state index contributed by atoms with van der Waals surface area (Å²) in [6.45, 7) is 5.45. The summed E-state index contributed by atoms with van der Waals surface area (Å²) in [4.78, 5) is 11.7. The second-order valence-electron chi connectivity index (χ2n) is 5.02. The molecule has 1 N–H and O–H groups in total. The van der Waals surface area contributed by atoms with Gasteiger partial charge >= 0.3 is 0 Å². The van der Waals surface area contributed by atoms with Gasteiger partial charge < -0.3 is 5.11 Å². The molecule has 0 saturated heterocycles. The van der Waals surface area contributed by atoms with Gasteiger partial charge in [0.1, 0.15) is 5.78 Å². The summed E-state index contributed by atoms with van der Waals surface area (Å²) in [5.74, 6) is -0.0784. The predicted molar refractivity (Wildman–Crippen MR) is 70.0 cm³/mol. The van der Waals surface area contributed by atoms with Crippen LogP contribution in [0.4, 0.5) is 0 Å². The van der Waals surface area contributed by atoms with Gasteiger partial charge in [0, 0.05) is 5.92 Å². The molecule has 0 fully saturated rings. The Hall–Kier alpha value is -1.15. The first-order valence-electron chi connectivity index (χ1n) is 6.24. The number of ketones is 1. The molecule has 2 atom stereocenters. The fourth-order valence-electron chi connectivity index (χ4n) is 2.26. The van der Waals surface area contributed by atoms with Gasteiger partial charge in [0.2, 0.25) is 0 Å². The largest absolute Gasteiger partial charge is 0.390 e. The highest BCUT2D eigenvalue weighted by molar-refractivity contribution is 5.83. The van der Waals surface area contributed by atoms with Gasteiger partial charge in [0.05, 0.1) is 5.60 Å². The SMILES string of the molecule is CCCC(C)(O)C[C@H](C(C)=O)c1ccccc1. The van der Waals surface area contributed by atoms with Crippen molar-refractivity contribution < 1.29 is 9.90 Å². The zero-order valence-electron chi connectivity index (χ0n) is 10.9. The molecule has 2 heteroatoms. The van der Waals surface area contributed by atoms with Crippen molar-refractivity contribution in [3.8, 4) is 0 Å². The molecule has 94 valence electrons. The molecule has 17 heavy (non-hydrogen) atoms. The van der Waals surface area contributed by atoms with Gasteiger partial charge in [-0.25, -0.2) is 0 Å². The number of carbonyl (C=O) groups excluding carboxylic acids is 1.